The molecule has 0 aromatic heterocycles. The Balaban J connectivity index is 1.13. The van der Waals surface area contributed by atoms with Crippen molar-refractivity contribution in [2.75, 3.05) is 19.6 Å². The zero-order valence-corrected chi connectivity index (χ0v) is 16.5. The molecule has 1 heterocycles. The third kappa shape index (κ3) is 3.01. The molecule has 0 radical (unpaired) electrons. The van der Waals surface area contributed by atoms with Crippen LogP contribution < -0.4 is 5.32 Å². The number of amides is 1. The topological polar surface area (TPSA) is 66.5 Å². The van der Waals surface area contributed by atoms with Crippen molar-refractivity contribution in [1.29, 1.82) is 0 Å². The zero-order valence-electron chi connectivity index (χ0n) is 15.7. The minimum Gasteiger partial charge on any atom is -0.355 e. The standard InChI is InChI=1S/C20H32N2O3S/c23-19(20-10-15-7-16(11-20)9-17(8-15)12-20)21-13-14-3-5-22(6-4-14)26(24,25)18-1-2-18/h14-18H,1-13H2,(H,21,23). The lowest BCUT2D eigenvalue weighted by Crippen LogP contribution is -2.54. The molecule has 1 saturated heterocycles. The molecule has 0 atom stereocenters. The van der Waals surface area contributed by atoms with E-state index >= 15 is 0 Å². The van der Waals surface area contributed by atoms with Gasteiger partial charge in [0, 0.05) is 25.0 Å². The highest BCUT2D eigenvalue weighted by Crippen LogP contribution is 2.60. The summed E-state index contributed by atoms with van der Waals surface area (Å²) < 4.78 is 26.4. The molecule has 1 N–H and O–H groups in total. The summed E-state index contributed by atoms with van der Waals surface area (Å²) >= 11 is 0. The summed E-state index contributed by atoms with van der Waals surface area (Å²) in [6.07, 6.45) is 10.9. The number of hydrogen-bond acceptors (Lipinski definition) is 3. The van der Waals surface area contributed by atoms with Crippen molar-refractivity contribution in [1.82, 2.24) is 9.62 Å². The molecule has 6 rings (SSSR count). The van der Waals surface area contributed by atoms with Crippen molar-refractivity contribution in [2.24, 2.45) is 29.1 Å². The molecule has 146 valence electrons. The minimum absolute atomic E-state index is 0.0647. The Bertz CT molecular complexity index is 642. The molecule has 5 nitrogen and oxygen atoms in total. The average molecular weight is 381 g/mol. The normalized spacial score (nSPS) is 40.7. The molecule has 5 saturated carbocycles. The van der Waals surface area contributed by atoms with Crippen LogP contribution in [0.4, 0.5) is 0 Å². The van der Waals surface area contributed by atoms with Crippen molar-refractivity contribution in [3.8, 4) is 0 Å². The van der Waals surface area contributed by atoms with Crippen LogP contribution in [-0.2, 0) is 14.8 Å². The van der Waals surface area contributed by atoms with E-state index in [-0.39, 0.29) is 10.7 Å². The Hall–Kier alpha value is -0.620. The summed E-state index contributed by atoms with van der Waals surface area (Å²) in [5.41, 5.74) is -0.0647. The largest absolute Gasteiger partial charge is 0.355 e. The van der Waals surface area contributed by atoms with Crippen LogP contribution in [0.15, 0.2) is 0 Å². The zero-order chi connectivity index (χ0) is 17.9. The quantitative estimate of drug-likeness (QED) is 0.797. The van der Waals surface area contributed by atoms with Gasteiger partial charge in [0.2, 0.25) is 15.9 Å². The van der Waals surface area contributed by atoms with E-state index < -0.39 is 10.0 Å². The summed E-state index contributed by atoms with van der Waals surface area (Å²) in [6, 6.07) is 0. The Morgan fingerprint density at radius 2 is 1.46 bits per heavy atom. The van der Waals surface area contributed by atoms with Gasteiger partial charge in [0.15, 0.2) is 0 Å². The van der Waals surface area contributed by atoms with Crippen molar-refractivity contribution in [2.45, 2.75) is 69.5 Å². The molecule has 26 heavy (non-hydrogen) atoms. The van der Waals surface area contributed by atoms with E-state index in [0.717, 1.165) is 69.2 Å². The highest BCUT2D eigenvalue weighted by atomic mass is 32.2. The number of carbonyl (C=O) groups is 1. The number of nitrogens with one attached hydrogen (secondary N) is 1. The van der Waals surface area contributed by atoms with Gasteiger partial charge in [-0.25, -0.2) is 12.7 Å². The van der Waals surface area contributed by atoms with Gasteiger partial charge in [0.25, 0.3) is 0 Å². The van der Waals surface area contributed by atoms with Crippen LogP contribution in [0.1, 0.15) is 64.2 Å². The summed E-state index contributed by atoms with van der Waals surface area (Å²) in [4.78, 5) is 13.0. The number of carbonyl (C=O) groups excluding carboxylic acids is 1. The molecule has 0 aromatic rings. The fraction of sp³-hybridized carbons (Fsp3) is 0.950. The first-order valence-corrected chi connectivity index (χ1v) is 12.2. The Kier molecular flexibility index (Phi) is 4.16. The predicted molar refractivity (Wildman–Crippen MR) is 99.9 cm³/mol. The molecule has 1 aliphatic heterocycles. The highest BCUT2D eigenvalue weighted by Gasteiger charge is 2.54. The van der Waals surface area contributed by atoms with E-state index in [1.807, 2.05) is 0 Å². The monoisotopic (exact) mass is 380 g/mol. The molecular formula is C20H32N2O3S. The van der Waals surface area contributed by atoms with Crippen LogP contribution in [-0.4, -0.2) is 43.5 Å². The lowest BCUT2D eigenvalue weighted by Gasteiger charge is -2.55. The van der Waals surface area contributed by atoms with E-state index in [0.29, 0.717) is 24.9 Å². The first kappa shape index (κ1) is 17.5. The minimum atomic E-state index is -3.03. The maximum atomic E-state index is 13.0. The molecular weight excluding hydrogens is 348 g/mol. The second-order valence-electron chi connectivity index (χ2n) is 9.99. The lowest BCUT2D eigenvalue weighted by molar-refractivity contribution is -0.146. The second-order valence-corrected chi connectivity index (χ2v) is 12.2. The predicted octanol–water partition coefficient (Wildman–Crippen LogP) is 2.52. The average Bonchev–Trinajstić information content (AvgIpc) is 3.44. The van der Waals surface area contributed by atoms with Crippen molar-refractivity contribution >= 4 is 15.9 Å². The Labute approximate surface area is 157 Å². The molecule has 0 spiro atoms. The van der Waals surface area contributed by atoms with Gasteiger partial charge in [-0.2, -0.15) is 0 Å². The van der Waals surface area contributed by atoms with Crippen molar-refractivity contribution < 1.29 is 13.2 Å². The number of piperidine rings is 1. The van der Waals surface area contributed by atoms with Gasteiger partial charge in [-0.3, -0.25) is 4.79 Å². The number of nitrogens with zero attached hydrogens (tertiary/aromatic N) is 1. The highest BCUT2D eigenvalue weighted by molar-refractivity contribution is 7.90. The van der Waals surface area contributed by atoms with Gasteiger partial charge < -0.3 is 5.32 Å². The fourth-order valence-corrected chi connectivity index (χ4v) is 8.63. The molecule has 1 amide bonds. The van der Waals surface area contributed by atoms with E-state index in [1.165, 1.54) is 19.3 Å². The number of sulfonamides is 1. The van der Waals surface area contributed by atoms with Crippen LogP contribution in [0.5, 0.6) is 0 Å². The lowest BCUT2D eigenvalue weighted by atomic mass is 9.49. The summed E-state index contributed by atoms with van der Waals surface area (Å²) in [7, 11) is -3.03. The molecule has 6 fully saturated rings. The summed E-state index contributed by atoms with van der Waals surface area (Å²) in [5, 5.41) is 3.19. The summed E-state index contributed by atoms with van der Waals surface area (Å²) in [5.74, 6) is 3.12. The van der Waals surface area contributed by atoms with Crippen LogP contribution in [0, 0.1) is 29.1 Å². The van der Waals surface area contributed by atoms with Gasteiger partial charge in [0.1, 0.15) is 0 Å². The van der Waals surface area contributed by atoms with E-state index in [9.17, 15) is 13.2 Å². The van der Waals surface area contributed by atoms with Gasteiger partial charge >= 0.3 is 0 Å². The maximum Gasteiger partial charge on any atom is 0.226 e. The Morgan fingerprint density at radius 3 is 1.96 bits per heavy atom. The van der Waals surface area contributed by atoms with E-state index in [2.05, 4.69) is 5.32 Å². The first-order chi connectivity index (χ1) is 12.4. The molecule has 4 bridgehead atoms. The van der Waals surface area contributed by atoms with Gasteiger partial charge in [-0.15, -0.1) is 0 Å². The van der Waals surface area contributed by atoms with E-state index in [1.54, 1.807) is 4.31 Å². The first-order valence-electron chi connectivity index (χ1n) is 10.7. The number of hydrogen-bond donors (Lipinski definition) is 1. The fourth-order valence-electron chi connectivity index (χ4n) is 6.76. The van der Waals surface area contributed by atoms with Gasteiger partial charge in [-0.1, -0.05) is 0 Å². The maximum absolute atomic E-state index is 13.0. The molecule has 0 unspecified atom stereocenters. The molecule has 0 aromatic carbocycles. The third-order valence-electron chi connectivity index (χ3n) is 7.95. The SMILES string of the molecule is O=C(NCC1CCN(S(=O)(=O)C2CC2)CC1)C12CC3CC(CC(C3)C1)C2. The van der Waals surface area contributed by atoms with Crippen LogP contribution >= 0.6 is 0 Å². The van der Waals surface area contributed by atoms with Gasteiger partial charge in [0.05, 0.1) is 5.25 Å². The van der Waals surface area contributed by atoms with Gasteiger partial charge in [-0.05, 0) is 87.9 Å². The van der Waals surface area contributed by atoms with Crippen molar-refractivity contribution in [3.63, 3.8) is 0 Å². The Morgan fingerprint density at radius 1 is 0.923 bits per heavy atom. The molecule has 6 aliphatic rings. The van der Waals surface area contributed by atoms with Crippen LogP contribution in [0.2, 0.25) is 0 Å². The molecule has 6 heteroatoms. The third-order valence-corrected chi connectivity index (χ3v) is 10.3. The second kappa shape index (κ2) is 6.20. The number of rotatable bonds is 5. The van der Waals surface area contributed by atoms with Crippen molar-refractivity contribution in [3.05, 3.63) is 0 Å². The molecule has 5 aliphatic carbocycles. The van der Waals surface area contributed by atoms with E-state index in [4.69, 9.17) is 0 Å². The van der Waals surface area contributed by atoms with Crippen LogP contribution in [0.3, 0.4) is 0 Å². The van der Waals surface area contributed by atoms with Crippen LogP contribution in [0.25, 0.3) is 0 Å². The summed E-state index contributed by atoms with van der Waals surface area (Å²) in [6.45, 7) is 2.01. The smallest absolute Gasteiger partial charge is 0.226 e.